The average molecular weight is 441 g/mol. The van der Waals surface area contributed by atoms with Crippen molar-refractivity contribution in [2.24, 2.45) is 0 Å². The summed E-state index contributed by atoms with van der Waals surface area (Å²) in [6.45, 7) is 5.46. The standard InChI is InChI=1S/C21H31NO9/c1-3-22(12(2)11-13-6-8-14(23)9-7-13)10-4-5-15(24)30-21-18(27)16(25)17(26)19(31-21)20(28)29/h6-9,12,16-19,21,23,25-27H,3-5,10-11H2,1-2H3,(H,28,29)/t12-,16+,17+,18-,19+,21-/m1/s1. The lowest BCUT2D eigenvalue weighted by atomic mass is 9.99. The molecule has 0 unspecified atom stereocenters. The Morgan fingerprint density at radius 3 is 2.35 bits per heavy atom. The van der Waals surface area contributed by atoms with Gasteiger partial charge in [0, 0.05) is 12.5 Å². The number of aliphatic hydroxyl groups is 3. The van der Waals surface area contributed by atoms with Gasteiger partial charge in [-0.1, -0.05) is 19.1 Å². The number of carbonyl (C=O) groups excluding carboxylic acids is 1. The number of phenolic OH excluding ortho intramolecular Hbond substituents is 1. The molecule has 0 bridgehead atoms. The number of nitrogens with zero attached hydrogens (tertiary/aromatic N) is 1. The van der Waals surface area contributed by atoms with Crippen molar-refractivity contribution in [3.05, 3.63) is 29.8 Å². The number of hydrogen-bond donors (Lipinski definition) is 5. The molecule has 10 heteroatoms. The largest absolute Gasteiger partial charge is 0.508 e. The van der Waals surface area contributed by atoms with Crippen LogP contribution in [0.15, 0.2) is 24.3 Å². The highest BCUT2D eigenvalue weighted by Crippen LogP contribution is 2.23. The number of carbonyl (C=O) groups is 2. The van der Waals surface area contributed by atoms with Crippen molar-refractivity contribution in [1.82, 2.24) is 4.90 Å². The lowest BCUT2D eigenvalue weighted by Gasteiger charge is -2.38. The van der Waals surface area contributed by atoms with E-state index in [9.17, 15) is 30.0 Å². The van der Waals surface area contributed by atoms with E-state index in [1.807, 2.05) is 19.1 Å². The second-order valence-corrected chi connectivity index (χ2v) is 7.68. The maximum atomic E-state index is 12.1. The van der Waals surface area contributed by atoms with Crippen molar-refractivity contribution >= 4 is 11.9 Å². The van der Waals surface area contributed by atoms with Gasteiger partial charge in [0.25, 0.3) is 0 Å². The summed E-state index contributed by atoms with van der Waals surface area (Å²) < 4.78 is 9.94. The zero-order valence-corrected chi connectivity index (χ0v) is 17.6. The molecule has 0 amide bonds. The van der Waals surface area contributed by atoms with Gasteiger partial charge in [-0.25, -0.2) is 4.79 Å². The van der Waals surface area contributed by atoms with E-state index in [-0.39, 0.29) is 18.2 Å². The van der Waals surface area contributed by atoms with Gasteiger partial charge in [-0.3, -0.25) is 4.79 Å². The molecule has 1 aliphatic heterocycles. The molecule has 1 fully saturated rings. The predicted molar refractivity (Wildman–Crippen MR) is 108 cm³/mol. The molecule has 0 aromatic heterocycles. The van der Waals surface area contributed by atoms with Crippen molar-refractivity contribution in [3.8, 4) is 5.75 Å². The van der Waals surface area contributed by atoms with E-state index in [2.05, 4.69) is 11.8 Å². The van der Waals surface area contributed by atoms with Crippen molar-refractivity contribution < 1.29 is 44.6 Å². The van der Waals surface area contributed by atoms with Crippen LogP contribution >= 0.6 is 0 Å². The molecule has 1 saturated heterocycles. The van der Waals surface area contributed by atoms with Gasteiger partial charge in [-0.15, -0.1) is 0 Å². The van der Waals surface area contributed by atoms with Crippen LogP contribution in [0.3, 0.4) is 0 Å². The Kier molecular flexibility index (Phi) is 9.20. The Bertz CT molecular complexity index is 726. The zero-order chi connectivity index (χ0) is 23.1. The first-order chi connectivity index (χ1) is 14.6. The van der Waals surface area contributed by atoms with E-state index in [1.165, 1.54) is 0 Å². The zero-order valence-electron chi connectivity index (χ0n) is 17.6. The molecule has 0 saturated carbocycles. The van der Waals surface area contributed by atoms with Crippen LogP contribution in [0.2, 0.25) is 0 Å². The summed E-state index contributed by atoms with van der Waals surface area (Å²) in [5, 5.41) is 47.8. The third-order valence-electron chi connectivity index (χ3n) is 5.38. The van der Waals surface area contributed by atoms with E-state index < -0.39 is 42.6 Å². The number of ether oxygens (including phenoxy) is 2. The van der Waals surface area contributed by atoms with Gasteiger partial charge in [-0.2, -0.15) is 0 Å². The number of likely N-dealkylation sites (N-methyl/N-ethyl adjacent to an activating group) is 1. The van der Waals surface area contributed by atoms with Gasteiger partial charge in [0.1, 0.15) is 24.1 Å². The highest BCUT2D eigenvalue weighted by atomic mass is 16.7. The number of aliphatic carboxylic acids is 1. The molecule has 0 aliphatic carbocycles. The summed E-state index contributed by atoms with van der Waals surface area (Å²) in [6, 6.07) is 7.20. The van der Waals surface area contributed by atoms with E-state index in [4.69, 9.17) is 14.6 Å². The second kappa shape index (κ2) is 11.4. The quantitative estimate of drug-likeness (QED) is 0.310. The summed E-state index contributed by atoms with van der Waals surface area (Å²) in [5.41, 5.74) is 1.08. The molecular formula is C21H31NO9. The second-order valence-electron chi connectivity index (χ2n) is 7.68. The fourth-order valence-corrected chi connectivity index (χ4v) is 3.56. The van der Waals surface area contributed by atoms with Gasteiger partial charge in [0.05, 0.1) is 0 Å². The first kappa shape index (κ1) is 25.0. The third kappa shape index (κ3) is 6.88. The summed E-state index contributed by atoms with van der Waals surface area (Å²) >= 11 is 0. The number of carboxylic acids is 1. The SMILES string of the molecule is CCN(CCCC(=O)O[C@@H]1O[C@H](C(=O)O)[C@@H](O)[C@H](O)[C@H]1O)[C@H](C)Cc1ccc(O)cc1. The molecule has 174 valence electrons. The predicted octanol–water partition coefficient (Wildman–Crippen LogP) is -0.139. The first-order valence-electron chi connectivity index (χ1n) is 10.3. The maximum absolute atomic E-state index is 12.1. The van der Waals surface area contributed by atoms with Gasteiger partial charge in [0.15, 0.2) is 6.10 Å². The minimum atomic E-state index is -1.84. The lowest BCUT2D eigenvalue weighted by Crippen LogP contribution is -2.60. The molecule has 1 aromatic carbocycles. The Balaban J connectivity index is 1.81. The normalized spacial score (nSPS) is 27.1. The molecule has 1 aliphatic rings. The van der Waals surface area contributed by atoms with E-state index in [0.717, 1.165) is 18.5 Å². The van der Waals surface area contributed by atoms with Crippen LogP contribution in [-0.4, -0.2) is 92.2 Å². The summed E-state index contributed by atoms with van der Waals surface area (Å²) in [5.74, 6) is -2.04. The number of benzene rings is 1. The van der Waals surface area contributed by atoms with Gasteiger partial charge >= 0.3 is 11.9 Å². The van der Waals surface area contributed by atoms with Crippen molar-refractivity contribution in [3.63, 3.8) is 0 Å². The smallest absolute Gasteiger partial charge is 0.335 e. The number of phenols is 1. The lowest BCUT2D eigenvalue weighted by molar-refractivity contribution is -0.286. The molecule has 0 spiro atoms. The summed E-state index contributed by atoms with van der Waals surface area (Å²) in [6.07, 6.45) is -7.66. The molecule has 2 rings (SSSR count). The Morgan fingerprint density at radius 2 is 1.77 bits per heavy atom. The van der Waals surface area contributed by atoms with Gasteiger partial charge in [0.2, 0.25) is 6.29 Å². The van der Waals surface area contributed by atoms with E-state index in [1.54, 1.807) is 12.1 Å². The van der Waals surface area contributed by atoms with Crippen molar-refractivity contribution in [2.75, 3.05) is 13.1 Å². The van der Waals surface area contributed by atoms with Crippen LogP contribution in [-0.2, 0) is 25.5 Å². The van der Waals surface area contributed by atoms with Crippen molar-refractivity contribution in [2.45, 2.75) is 69.9 Å². The van der Waals surface area contributed by atoms with Crippen LogP contribution < -0.4 is 0 Å². The topological polar surface area (TPSA) is 157 Å². The Hall–Kier alpha value is -2.24. The number of aromatic hydroxyl groups is 1. The van der Waals surface area contributed by atoms with Crippen LogP contribution in [0.4, 0.5) is 0 Å². The highest BCUT2D eigenvalue weighted by Gasteiger charge is 2.48. The summed E-state index contributed by atoms with van der Waals surface area (Å²) in [4.78, 5) is 25.4. The summed E-state index contributed by atoms with van der Waals surface area (Å²) in [7, 11) is 0. The average Bonchev–Trinajstić information content (AvgIpc) is 2.72. The fraction of sp³-hybridized carbons (Fsp3) is 0.619. The molecule has 31 heavy (non-hydrogen) atoms. The molecule has 6 atom stereocenters. The number of aliphatic hydroxyl groups excluding tert-OH is 3. The molecule has 1 heterocycles. The third-order valence-corrected chi connectivity index (χ3v) is 5.38. The monoisotopic (exact) mass is 441 g/mol. The van der Waals surface area contributed by atoms with E-state index >= 15 is 0 Å². The number of rotatable bonds is 10. The van der Waals surface area contributed by atoms with Crippen LogP contribution in [0.25, 0.3) is 0 Å². The first-order valence-corrected chi connectivity index (χ1v) is 10.3. The van der Waals surface area contributed by atoms with Crippen LogP contribution in [0.5, 0.6) is 5.75 Å². The molecule has 5 N–H and O–H groups in total. The molecule has 0 radical (unpaired) electrons. The molecule has 10 nitrogen and oxygen atoms in total. The molecular weight excluding hydrogens is 410 g/mol. The van der Waals surface area contributed by atoms with E-state index in [0.29, 0.717) is 13.0 Å². The van der Waals surface area contributed by atoms with Crippen molar-refractivity contribution in [1.29, 1.82) is 0 Å². The van der Waals surface area contributed by atoms with Crippen LogP contribution in [0.1, 0.15) is 32.3 Å². The number of esters is 1. The minimum Gasteiger partial charge on any atom is -0.508 e. The van der Waals surface area contributed by atoms with Gasteiger partial charge < -0.3 is 39.9 Å². The molecule has 1 aromatic rings. The number of carboxylic acid groups (broad SMARTS) is 1. The maximum Gasteiger partial charge on any atom is 0.335 e. The fourth-order valence-electron chi connectivity index (χ4n) is 3.56. The van der Waals surface area contributed by atoms with Gasteiger partial charge in [-0.05, 0) is 50.6 Å². The minimum absolute atomic E-state index is 0.00535. The Labute approximate surface area is 180 Å². The number of hydrogen-bond acceptors (Lipinski definition) is 9. The Morgan fingerprint density at radius 1 is 1.13 bits per heavy atom. The highest BCUT2D eigenvalue weighted by molar-refractivity contribution is 5.73. The van der Waals surface area contributed by atoms with Crippen LogP contribution in [0, 0.1) is 0 Å².